The third-order valence-corrected chi connectivity index (χ3v) is 4.95. The van der Waals surface area contributed by atoms with Gasteiger partial charge in [-0.3, -0.25) is 9.59 Å². The molecule has 1 aromatic carbocycles. The van der Waals surface area contributed by atoms with E-state index in [1.54, 1.807) is 0 Å². The Bertz CT molecular complexity index is 583. The molecule has 2 rings (SSSR count). The van der Waals surface area contributed by atoms with E-state index in [1.807, 2.05) is 36.2 Å². The summed E-state index contributed by atoms with van der Waals surface area (Å²) < 4.78 is 0. The number of rotatable bonds is 6. The second-order valence-electron chi connectivity index (χ2n) is 7.92. The van der Waals surface area contributed by atoms with Crippen LogP contribution in [0.15, 0.2) is 24.3 Å². The van der Waals surface area contributed by atoms with Gasteiger partial charge < -0.3 is 10.2 Å². The molecule has 1 fully saturated rings. The Hall–Kier alpha value is -1.84. The van der Waals surface area contributed by atoms with Crippen LogP contribution in [-0.4, -0.2) is 36.3 Å². The van der Waals surface area contributed by atoms with Gasteiger partial charge >= 0.3 is 0 Å². The fourth-order valence-electron chi connectivity index (χ4n) is 2.80. The topological polar surface area (TPSA) is 49.4 Å². The van der Waals surface area contributed by atoms with Crippen molar-refractivity contribution in [2.24, 2.45) is 5.92 Å². The molecule has 4 heteroatoms. The van der Waals surface area contributed by atoms with Gasteiger partial charge in [-0.1, -0.05) is 32.9 Å². The molecule has 1 aliphatic rings. The first-order chi connectivity index (χ1) is 11.2. The summed E-state index contributed by atoms with van der Waals surface area (Å²) in [5.41, 5.74) is 1.91. The molecule has 1 N–H and O–H groups in total. The number of nitrogens with one attached hydrogen (secondary N) is 1. The second kappa shape index (κ2) is 7.37. The summed E-state index contributed by atoms with van der Waals surface area (Å²) in [6.45, 7) is 8.91. The zero-order chi connectivity index (χ0) is 17.9. The summed E-state index contributed by atoms with van der Waals surface area (Å²) >= 11 is 0. The molecule has 132 valence electrons. The molecule has 0 aromatic heterocycles. The Labute approximate surface area is 145 Å². The van der Waals surface area contributed by atoms with Crippen LogP contribution in [0.5, 0.6) is 0 Å². The van der Waals surface area contributed by atoms with Crippen molar-refractivity contribution in [3.05, 3.63) is 35.4 Å². The van der Waals surface area contributed by atoms with Crippen LogP contribution in [-0.2, 0) is 10.2 Å². The minimum atomic E-state index is -0.124. The molecule has 1 atom stereocenters. The molecule has 1 aromatic rings. The molecule has 0 bridgehead atoms. The fourth-order valence-corrected chi connectivity index (χ4v) is 2.80. The molecule has 0 saturated heterocycles. The number of carbonyl (C=O) groups is 2. The van der Waals surface area contributed by atoms with E-state index in [0.717, 1.165) is 0 Å². The Balaban J connectivity index is 1.79. The van der Waals surface area contributed by atoms with Crippen LogP contribution < -0.4 is 5.32 Å². The van der Waals surface area contributed by atoms with Crippen molar-refractivity contribution in [2.45, 2.75) is 58.4 Å². The first kappa shape index (κ1) is 18.5. The predicted octanol–water partition coefficient (Wildman–Crippen LogP) is 3.36. The summed E-state index contributed by atoms with van der Waals surface area (Å²) in [5.74, 6) is 0.633. The molecular weight excluding hydrogens is 300 g/mol. The molecule has 0 radical (unpaired) electrons. The third kappa shape index (κ3) is 4.83. The normalized spacial score (nSPS) is 15.7. The van der Waals surface area contributed by atoms with Gasteiger partial charge in [-0.05, 0) is 48.8 Å². The lowest BCUT2D eigenvalue weighted by molar-refractivity contribution is -0.131. The van der Waals surface area contributed by atoms with Crippen LogP contribution in [0.1, 0.15) is 62.9 Å². The minimum Gasteiger partial charge on any atom is -0.352 e. The molecule has 1 aliphatic carbocycles. The molecule has 1 saturated carbocycles. The molecular formula is C20H30N2O2. The standard InChI is InChI=1S/C20H30N2O2/c1-14(15-6-7-15)22(5)18(23)12-13-21-19(24)16-8-10-17(11-9-16)20(2,3)4/h8-11,14-15H,6-7,12-13H2,1-5H3,(H,21,24). The molecule has 2 amide bonds. The average Bonchev–Trinajstić information content (AvgIpc) is 3.37. The fraction of sp³-hybridized carbons (Fsp3) is 0.600. The van der Waals surface area contributed by atoms with E-state index >= 15 is 0 Å². The van der Waals surface area contributed by atoms with Gasteiger partial charge in [0.05, 0.1) is 0 Å². The molecule has 0 aliphatic heterocycles. The molecule has 1 unspecified atom stereocenters. The summed E-state index contributed by atoms with van der Waals surface area (Å²) in [6.07, 6.45) is 2.79. The van der Waals surface area contributed by atoms with Crippen molar-refractivity contribution >= 4 is 11.8 Å². The largest absolute Gasteiger partial charge is 0.352 e. The SMILES string of the molecule is CC(C1CC1)N(C)C(=O)CCNC(=O)c1ccc(C(C)(C)C)cc1. The molecule has 0 spiro atoms. The zero-order valence-electron chi connectivity index (χ0n) is 15.6. The second-order valence-corrected chi connectivity index (χ2v) is 7.92. The highest BCUT2D eigenvalue weighted by molar-refractivity contribution is 5.94. The lowest BCUT2D eigenvalue weighted by Crippen LogP contribution is -2.38. The van der Waals surface area contributed by atoms with Crippen molar-refractivity contribution < 1.29 is 9.59 Å². The lowest BCUT2D eigenvalue weighted by Gasteiger charge is -2.25. The third-order valence-electron chi connectivity index (χ3n) is 4.95. The van der Waals surface area contributed by atoms with Gasteiger partial charge in [0.15, 0.2) is 0 Å². The number of hydrogen-bond donors (Lipinski definition) is 1. The quantitative estimate of drug-likeness (QED) is 0.869. The number of amides is 2. The highest BCUT2D eigenvalue weighted by atomic mass is 16.2. The molecule has 24 heavy (non-hydrogen) atoms. The minimum absolute atomic E-state index is 0.0737. The van der Waals surface area contributed by atoms with Crippen LogP contribution in [0.4, 0.5) is 0 Å². The van der Waals surface area contributed by atoms with Crippen LogP contribution in [0.2, 0.25) is 0 Å². The summed E-state index contributed by atoms with van der Waals surface area (Å²) in [5, 5.41) is 2.84. The van der Waals surface area contributed by atoms with E-state index in [0.29, 0.717) is 30.5 Å². The van der Waals surface area contributed by atoms with E-state index in [4.69, 9.17) is 0 Å². The zero-order valence-corrected chi connectivity index (χ0v) is 15.6. The summed E-state index contributed by atoms with van der Waals surface area (Å²) in [4.78, 5) is 26.2. The van der Waals surface area contributed by atoms with Gasteiger partial charge in [0.2, 0.25) is 5.91 Å². The lowest BCUT2D eigenvalue weighted by atomic mass is 9.87. The van der Waals surface area contributed by atoms with Gasteiger partial charge in [-0.15, -0.1) is 0 Å². The van der Waals surface area contributed by atoms with Crippen molar-refractivity contribution in [1.82, 2.24) is 10.2 Å². The highest BCUT2D eigenvalue weighted by Crippen LogP contribution is 2.34. The Morgan fingerprint density at radius 2 is 1.79 bits per heavy atom. The van der Waals surface area contributed by atoms with E-state index in [1.165, 1.54) is 18.4 Å². The van der Waals surface area contributed by atoms with Gasteiger partial charge in [0.25, 0.3) is 5.91 Å². The van der Waals surface area contributed by atoms with Crippen LogP contribution in [0.25, 0.3) is 0 Å². The number of hydrogen-bond acceptors (Lipinski definition) is 2. The maximum absolute atomic E-state index is 12.2. The first-order valence-electron chi connectivity index (χ1n) is 8.84. The highest BCUT2D eigenvalue weighted by Gasteiger charge is 2.32. The van der Waals surface area contributed by atoms with E-state index in [2.05, 4.69) is 33.0 Å². The van der Waals surface area contributed by atoms with Crippen molar-refractivity contribution in [3.8, 4) is 0 Å². The maximum atomic E-state index is 12.2. The smallest absolute Gasteiger partial charge is 0.251 e. The summed E-state index contributed by atoms with van der Waals surface area (Å²) in [6, 6.07) is 7.98. The Morgan fingerprint density at radius 1 is 1.21 bits per heavy atom. The van der Waals surface area contributed by atoms with Gasteiger partial charge in [-0.2, -0.15) is 0 Å². The molecule has 4 nitrogen and oxygen atoms in total. The number of nitrogens with zero attached hydrogens (tertiary/aromatic N) is 1. The van der Waals surface area contributed by atoms with Crippen molar-refractivity contribution in [3.63, 3.8) is 0 Å². The Morgan fingerprint density at radius 3 is 2.29 bits per heavy atom. The Kier molecular flexibility index (Phi) is 5.68. The monoisotopic (exact) mass is 330 g/mol. The number of carbonyl (C=O) groups excluding carboxylic acids is 2. The first-order valence-corrected chi connectivity index (χ1v) is 8.84. The van der Waals surface area contributed by atoms with Gasteiger partial charge in [-0.25, -0.2) is 0 Å². The van der Waals surface area contributed by atoms with Crippen LogP contribution >= 0.6 is 0 Å². The van der Waals surface area contributed by atoms with Crippen LogP contribution in [0, 0.1) is 5.92 Å². The summed E-state index contributed by atoms with van der Waals surface area (Å²) in [7, 11) is 1.86. The predicted molar refractivity (Wildman–Crippen MR) is 97.0 cm³/mol. The maximum Gasteiger partial charge on any atom is 0.251 e. The molecule has 0 heterocycles. The van der Waals surface area contributed by atoms with Gasteiger partial charge in [0.1, 0.15) is 0 Å². The van der Waals surface area contributed by atoms with Gasteiger partial charge in [0, 0.05) is 31.6 Å². The van der Waals surface area contributed by atoms with E-state index < -0.39 is 0 Å². The average molecular weight is 330 g/mol. The number of benzene rings is 1. The van der Waals surface area contributed by atoms with E-state index in [9.17, 15) is 9.59 Å². The van der Waals surface area contributed by atoms with Crippen molar-refractivity contribution in [2.75, 3.05) is 13.6 Å². The van der Waals surface area contributed by atoms with E-state index in [-0.39, 0.29) is 17.2 Å². The van der Waals surface area contributed by atoms with Crippen molar-refractivity contribution in [1.29, 1.82) is 0 Å². The van der Waals surface area contributed by atoms with Crippen LogP contribution in [0.3, 0.4) is 0 Å².